The minimum Gasteiger partial charge on any atom is -0.481 e. The first kappa shape index (κ1) is 13.3. The minimum atomic E-state index is -4.22. The highest BCUT2D eigenvalue weighted by Gasteiger charge is 2.47. The van der Waals surface area contributed by atoms with E-state index >= 15 is 0 Å². The minimum absolute atomic E-state index is 0.104. The number of carbonyl (C=O) groups is 1. The number of carboxylic acid groups (broad SMARTS) is 1. The van der Waals surface area contributed by atoms with Gasteiger partial charge >= 0.3 is 12.1 Å². The second-order valence-electron chi connectivity index (χ2n) is 4.44. The van der Waals surface area contributed by atoms with Gasteiger partial charge in [-0.25, -0.2) is 0 Å². The fourth-order valence-electron chi connectivity index (χ4n) is 2.41. The number of carboxylic acids is 1. The molecule has 0 saturated heterocycles. The molecular weight excluding hydrogens is 223 g/mol. The van der Waals surface area contributed by atoms with E-state index in [1.54, 1.807) is 0 Å². The lowest BCUT2D eigenvalue weighted by Gasteiger charge is -2.40. The lowest BCUT2D eigenvalue weighted by atomic mass is 9.73. The van der Waals surface area contributed by atoms with Crippen LogP contribution in [0.25, 0.3) is 0 Å². The van der Waals surface area contributed by atoms with E-state index in [0.717, 1.165) is 0 Å². The van der Waals surface area contributed by atoms with Crippen LogP contribution in [0.5, 0.6) is 0 Å². The maximum Gasteiger partial charge on any atom is 0.391 e. The van der Waals surface area contributed by atoms with Crippen LogP contribution in [0.15, 0.2) is 0 Å². The monoisotopic (exact) mass is 239 g/mol. The number of hydrogen-bond acceptors (Lipinski definition) is 2. The summed E-state index contributed by atoms with van der Waals surface area (Å²) in [5.41, 5.74) is -0.899. The highest BCUT2D eigenvalue weighted by Crippen LogP contribution is 2.42. The molecule has 1 aliphatic carbocycles. The summed E-state index contributed by atoms with van der Waals surface area (Å²) in [4.78, 5) is 10.7. The molecule has 3 nitrogen and oxygen atoms in total. The third-order valence-corrected chi connectivity index (χ3v) is 3.33. The highest BCUT2D eigenvalue weighted by atomic mass is 19.4. The van der Waals surface area contributed by atoms with Crippen LogP contribution >= 0.6 is 0 Å². The van der Waals surface area contributed by atoms with Gasteiger partial charge in [0.15, 0.2) is 0 Å². The Bertz CT molecular complexity index is 267. The zero-order valence-electron chi connectivity index (χ0n) is 9.10. The molecular formula is C10H16F3NO2. The first-order valence-corrected chi connectivity index (χ1v) is 5.26. The number of nitrogens with one attached hydrogen (secondary N) is 1. The van der Waals surface area contributed by atoms with Crippen molar-refractivity contribution in [2.24, 2.45) is 5.92 Å². The van der Waals surface area contributed by atoms with Crippen LogP contribution in [-0.4, -0.2) is 29.8 Å². The van der Waals surface area contributed by atoms with Crippen molar-refractivity contribution in [3.05, 3.63) is 0 Å². The molecule has 0 heterocycles. The van der Waals surface area contributed by atoms with Gasteiger partial charge in [0.1, 0.15) is 0 Å². The van der Waals surface area contributed by atoms with Crippen LogP contribution in [0.3, 0.4) is 0 Å². The number of aliphatic carboxylic acids is 1. The molecule has 0 amide bonds. The molecule has 2 atom stereocenters. The maximum atomic E-state index is 12.6. The predicted molar refractivity (Wildman–Crippen MR) is 52.1 cm³/mol. The molecule has 6 heteroatoms. The average molecular weight is 239 g/mol. The van der Waals surface area contributed by atoms with Crippen LogP contribution in [0.4, 0.5) is 13.2 Å². The normalized spacial score (nSPS) is 31.4. The smallest absolute Gasteiger partial charge is 0.391 e. The van der Waals surface area contributed by atoms with Crippen molar-refractivity contribution >= 4 is 5.97 Å². The molecule has 0 aromatic heterocycles. The first-order valence-electron chi connectivity index (χ1n) is 5.26. The molecule has 94 valence electrons. The SMILES string of the molecule is CNC1(CC(=O)O)CCCC(C(F)(F)F)C1. The zero-order valence-corrected chi connectivity index (χ0v) is 9.10. The largest absolute Gasteiger partial charge is 0.481 e. The van der Waals surface area contributed by atoms with E-state index in [9.17, 15) is 18.0 Å². The van der Waals surface area contributed by atoms with E-state index in [0.29, 0.717) is 12.8 Å². The molecule has 0 radical (unpaired) electrons. The first-order chi connectivity index (χ1) is 7.29. The van der Waals surface area contributed by atoms with E-state index in [1.165, 1.54) is 7.05 Å². The summed E-state index contributed by atoms with van der Waals surface area (Å²) in [5.74, 6) is -2.44. The van der Waals surface area contributed by atoms with Crippen molar-refractivity contribution in [1.29, 1.82) is 0 Å². The quantitative estimate of drug-likeness (QED) is 0.793. The van der Waals surface area contributed by atoms with Crippen LogP contribution in [0.1, 0.15) is 32.1 Å². The summed E-state index contributed by atoms with van der Waals surface area (Å²) in [5, 5.41) is 11.5. The molecule has 0 spiro atoms. The summed E-state index contributed by atoms with van der Waals surface area (Å²) in [7, 11) is 1.53. The fraction of sp³-hybridized carbons (Fsp3) is 0.900. The standard InChI is InChI=1S/C10H16F3NO2/c1-14-9(6-8(15)16)4-2-3-7(5-9)10(11,12)13/h7,14H,2-6H2,1H3,(H,15,16). The molecule has 0 aromatic carbocycles. The molecule has 0 aliphatic heterocycles. The Morgan fingerprint density at radius 1 is 1.56 bits per heavy atom. The van der Waals surface area contributed by atoms with Gasteiger partial charge in [-0.2, -0.15) is 13.2 Å². The molecule has 1 saturated carbocycles. The Balaban J connectivity index is 2.76. The van der Waals surface area contributed by atoms with Crippen molar-refractivity contribution in [2.75, 3.05) is 7.05 Å². The molecule has 2 unspecified atom stereocenters. The van der Waals surface area contributed by atoms with E-state index in [1.807, 2.05) is 0 Å². The topological polar surface area (TPSA) is 49.3 Å². The fourth-order valence-corrected chi connectivity index (χ4v) is 2.41. The van der Waals surface area contributed by atoms with Gasteiger partial charge in [0.05, 0.1) is 12.3 Å². The number of hydrogen-bond donors (Lipinski definition) is 2. The zero-order chi connectivity index (χ0) is 12.4. The van der Waals surface area contributed by atoms with Crippen molar-refractivity contribution in [3.63, 3.8) is 0 Å². The third-order valence-electron chi connectivity index (χ3n) is 3.33. The van der Waals surface area contributed by atoms with Crippen LogP contribution in [-0.2, 0) is 4.79 Å². The summed E-state index contributed by atoms with van der Waals surface area (Å²) in [6.45, 7) is 0. The number of halogens is 3. The lowest BCUT2D eigenvalue weighted by Crippen LogP contribution is -2.50. The van der Waals surface area contributed by atoms with Crippen molar-refractivity contribution in [1.82, 2.24) is 5.32 Å². The van der Waals surface area contributed by atoms with Crippen molar-refractivity contribution < 1.29 is 23.1 Å². The van der Waals surface area contributed by atoms with Crippen LogP contribution in [0.2, 0.25) is 0 Å². The van der Waals surface area contributed by atoms with Gasteiger partial charge in [0.25, 0.3) is 0 Å². The van der Waals surface area contributed by atoms with Crippen LogP contribution < -0.4 is 5.32 Å². The van der Waals surface area contributed by atoms with E-state index in [2.05, 4.69) is 5.32 Å². The van der Waals surface area contributed by atoms with Gasteiger partial charge in [0.2, 0.25) is 0 Å². The van der Waals surface area contributed by atoms with Gasteiger partial charge < -0.3 is 10.4 Å². The van der Waals surface area contributed by atoms with Gasteiger partial charge in [-0.15, -0.1) is 0 Å². The van der Waals surface area contributed by atoms with E-state index < -0.39 is 23.6 Å². The Kier molecular flexibility index (Phi) is 3.83. The summed E-state index contributed by atoms with van der Waals surface area (Å²) in [6, 6.07) is 0. The molecule has 2 N–H and O–H groups in total. The molecule has 0 aromatic rings. The van der Waals surface area contributed by atoms with Crippen molar-refractivity contribution in [2.45, 2.75) is 43.8 Å². The highest BCUT2D eigenvalue weighted by molar-refractivity contribution is 5.68. The lowest BCUT2D eigenvalue weighted by molar-refractivity contribution is -0.189. The third kappa shape index (κ3) is 3.10. The summed E-state index contributed by atoms with van der Waals surface area (Å²) in [6.07, 6.45) is -3.61. The van der Waals surface area contributed by atoms with E-state index in [-0.39, 0.29) is 19.3 Å². The Morgan fingerprint density at radius 2 is 2.19 bits per heavy atom. The van der Waals surface area contributed by atoms with Crippen LogP contribution in [0, 0.1) is 5.92 Å². The number of rotatable bonds is 3. The average Bonchev–Trinajstić information content (AvgIpc) is 2.16. The predicted octanol–water partition coefficient (Wildman–Crippen LogP) is 2.17. The second kappa shape index (κ2) is 4.61. The van der Waals surface area contributed by atoms with Gasteiger partial charge in [-0.3, -0.25) is 4.79 Å². The molecule has 0 bridgehead atoms. The molecule has 1 aliphatic rings. The molecule has 1 rings (SSSR count). The molecule has 16 heavy (non-hydrogen) atoms. The Hall–Kier alpha value is -0.780. The van der Waals surface area contributed by atoms with Crippen molar-refractivity contribution in [3.8, 4) is 0 Å². The van der Waals surface area contributed by atoms with Gasteiger partial charge in [-0.05, 0) is 26.3 Å². The summed E-state index contributed by atoms with van der Waals surface area (Å²) >= 11 is 0. The van der Waals surface area contributed by atoms with E-state index in [4.69, 9.17) is 5.11 Å². The second-order valence-corrected chi connectivity index (χ2v) is 4.44. The Labute approximate surface area is 92.0 Å². The van der Waals surface area contributed by atoms with Gasteiger partial charge in [0, 0.05) is 5.54 Å². The summed E-state index contributed by atoms with van der Waals surface area (Å²) < 4.78 is 37.7. The molecule has 1 fully saturated rings. The van der Waals surface area contributed by atoms with Gasteiger partial charge in [-0.1, -0.05) is 6.42 Å². The Morgan fingerprint density at radius 3 is 2.62 bits per heavy atom. The maximum absolute atomic E-state index is 12.6. The number of alkyl halides is 3.